The molecule has 0 radical (unpaired) electrons. The van der Waals surface area contributed by atoms with E-state index in [1.165, 1.54) is 0 Å². The Morgan fingerprint density at radius 1 is 1.17 bits per heavy atom. The van der Waals surface area contributed by atoms with E-state index < -0.39 is 5.41 Å². The van der Waals surface area contributed by atoms with Crippen molar-refractivity contribution in [3.8, 4) is 0 Å². The van der Waals surface area contributed by atoms with E-state index in [0.29, 0.717) is 10.5 Å². The molecule has 0 bridgehead atoms. The molecule has 0 saturated carbocycles. The van der Waals surface area contributed by atoms with Crippen LogP contribution in [0.1, 0.15) is 33.3 Å². The number of rotatable bonds is 3. The summed E-state index contributed by atoms with van der Waals surface area (Å²) in [4.78, 5) is 25.7. The number of carbonyl (C=O) groups is 2. The van der Waals surface area contributed by atoms with E-state index in [-0.39, 0.29) is 11.9 Å². The van der Waals surface area contributed by atoms with Gasteiger partial charge < -0.3 is 16.0 Å². The molecule has 3 amide bonds. The minimum Gasteiger partial charge on any atom is -0.369 e. The first-order valence-corrected chi connectivity index (χ1v) is 8.76. The van der Waals surface area contributed by atoms with Gasteiger partial charge in [-0.25, -0.2) is 4.79 Å². The molecule has 126 valence electrons. The molecule has 0 spiro atoms. The Kier molecular flexibility index (Phi) is 5.24. The van der Waals surface area contributed by atoms with Crippen LogP contribution in [0.2, 0.25) is 0 Å². The van der Waals surface area contributed by atoms with Gasteiger partial charge in [0, 0.05) is 29.3 Å². The van der Waals surface area contributed by atoms with E-state index in [4.69, 9.17) is 5.73 Å². The summed E-state index contributed by atoms with van der Waals surface area (Å²) in [5.41, 5.74) is 6.26. The molecule has 2 atom stereocenters. The number of benzene rings is 1. The fraction of sp³-hybridized carbons (Fsp3) is 0.529. The molecule has 1 aliphatic heterocycles. The van der Waals surface area contributed by atoms with Crippen LogP contribution in [-0.4, -0.2) is 40.4 Å². The van der Waals surface area contributed by atoms with Crippen LogP contribution in [0.4, 0.5) is 10.5 Å². The lowest BCUT2D eigenvalue weighted by Gasteiger charge is -2.34. The molecular weight excluding hydrogens is 310 g/mol. The number of hydrogen-bond acceptors (Lipinski definition) is 3. The van der Waals surface area contributed by atoms with Crippen LogP contribution in [0.15, 0.2) is 24.3 Å². The number of anilines is 1. The summed E-state index contributed by atoms with van der Waals surface area (Å²) >= 11 is 1.91. The predicted octanol–water partition coefficient (Wildman–Crippen LogP) is 2.81. The lowest BCUT2D eigenvalue weighted by molar-refractivity contribution is -0.122. The van der Waals surface area contributed by atoms with Crippen molar-refractivity contribution >= 4 is 29.4 Å². The first-order valence-electron chi connectivity index (χ1n) is 7.82. The van der Waals surface area contributed by atoms with Crippen LogP contribution in [0, 0.1) is 0 Å². The predicted molar refractivity (Wildman–Crippen MR) is 95.8 cm³/mol. The highest BCUT2D eigenvalue weighted by Gasteiger charge is 2.28. The average Bonchev–Trinajstić information content (AvgIpc) is 2.46. The lowest BCUT2D eigenvalue weighted by atomic mass is 9.84. The number of hydrogen-bond donors (Lipinski definition) is 2. The third-order valence-corrected chi connectivity index (χ3v) is 5.41. The minimum absolute atomic E-state index is 0.0779. The first-order chi connectivity index (χ1) is 10.7. The minimum atomic E-state index is -0.725. The summed E-state index contributed by atoms with van der Waals surface area (Å²) in [7, 11) is 0. The highest BCUT2D eigenvalue weighted by molar-refractivity contribution is 8.00. The first kappa shape index (κ1) is 17.7. The van der Waals surface area contributed by atoms with Gasteiger partial charge in [0.1, 0.15) is 0 Å². The maximum atomic E-state index is 12.4. The van der Waals surface area contributed by atoms with Crippen LogP contribution >= 0.6 is 11.8 Å². The molecule has 0 aromatic heterocycles. The van der Waals surface area contributed by atoms with Crippen molar-refractivity contribution in [2.75, 3.05) is 18.4 Å². The topological polar surface area (TPSA) is 75.4 Å². The van der Waals surface area contributed by atoms with Crippen LogP contribution in [0.3, 0.4) is 0 Å². The van der Waals surface area contributed by atoms with E-state index in [0.717, 1.165) is 24.3 Å². The van der Waals surface area contributed by atoms with Gasteiger partial charge in [-0.3, -0.25) is 4.79 Å². The number of nitrogens with one attached hydrogen (secondary N) is 1. The zero-order valence-corrected chi connectivity index (χ0v) is 14.9. The number of nitrogens with two attached hydrogens (primary N) is 1. The van der Waals surface area contributed by atoms with Crippen molar-refractivity contribution < 1.29 is 9.59 Å². The van der Waals surface area contributed by atoms with Gasteiger partial charge in [0.15, 0.2) is 0 Å². The molecule has 0 unspecified atom stereocenters. The van der Waals surface area contributed by atoms with E-state index in [1.807, 2.05) is 40.9 Å². The third kappa shape index (κ3) is 4.19. The van der Waals surface area contributed by atoms with Crippen molar-refractivity contribution in [1.29, 1.82) is 0 Å². The van der Waals surface area contributed by atoms with Crippen LogP contribution in [-0.2, 0) is 10.2 Å². The summed E-state index contributed by atoms with van der Waals surface area (Å²) in [6, 6.07) is 7.20. The zero-order chi connectivity index (χ0) is 17.2. The highest BCUT2D eigenvalue weighted by atomic mass is 32.2. The number of thioether (sulfide) groups is 1. The summed E-state index contributed by atoms with van der Waals surface area (Å²) in [6.45, 7) is 9.37. The summed E-state index contributed by atoms with van der Waals surface area (Å²) in [6.07, 6.45) is 0. The highest BCUT2D eigenvalue weighted by Crippen LogP contribution is 2.26. The van der Waals surface area contributed by atoms with Gasteiger partial charge in [-0.1, -0.05) is 26.0 Å². The molecule has 1 fully saturated rings. The van der Waals surface area contributed by atoms with Gasteiger partial charge in [-0.15, -0.1) is 0 Å². The summed E-state index contributed by atoms with van der Waals surface area (Å²) in [5.74, 6) is -0.372. The molecule has 1 aromatic carbocycles. The van der Waals surface area contributed by atoms with Crippen molar-refractivity contribution in [2.24, 2.45) is 5.73 Å². The standard InChI is InChI=1S/C17H25N3O2S/c1-11-9-20(10-12(2)23-11)16(22)19-14-7-5-13(6-8-14)17(3,4)15(18)21/h5-8,11-12H,9-10H2,1-4H3,(H2,18,21)(H,19,22)/t11-,12+. The van der Waals surface area contributed by atoms with E-state index in [2.05, 4.69) is 19.2 Å². The molecule has 1 heterocycles. The van der Waals surface area contributed by atoms with Crippen molar-refractivity contribution in [2.45, 2.75) is 43.6 Å². The molecule has 5 nitrogen and oxygen atoms in total. The van der Waals surface area contributed by atoms with Gasteiger partial charge in [0.05, 0.1) is 5.41 Å². The maximum Gasteiger partial charge on any atom is 0.321 e. The zero-order valence-electron chi connectivity index (χ0n) is 14.1. The Labute approximate surface area is 142 Å². The Morgan fingerprint density at radius 3 is 2.17 bits per heavy atom. The number of primary amides is 1. The molecule has 23 heavy (non-hydrogen) atoms. The average molecular weight is 335 g/mol. The third-order valence-electron chi connectivity index (χ3n) is 4.18. The normalized spacial score (nSPS) is 21.8. The van der Waals surface area contributed by atoms with Crippen LogP contribution < -0.4 is 11.1 Å². The van der Waals surface area contributed by atoms with Crippen LogP contribution in [0.5, 0.6) is 0 Å². The Balaban J connectivity index is 2.03. The molecule has 0 aliphatic carbocycles. The Morgan fingerprint density at radius 2 is 1.70 bits per heavy atom. The van der Waals surface area contributed by atoms with E-state index in [1.54, 1.807) is 13.8 Å². The smallest absolute Gasteiger partial charge is 0.321 e. The van der Waals surface area contributed by atoms with Crippen molar-refractivity contribution in [3.05, 3.63) is 29.8 Å². The molecule has 6 heteroatoms. The monoisotopic (exact) mass is 335 g/mol. The van der Waals surface area contributed by atoms with Gasteiger partial charge >= 0.3 is 6.03 Å². The van der Waals surface area contributed by atoms with Gasteiger partial charge in [0.2, 0.25) is 5.91 Å². The fourth-order valence-corrected chi connectivity index (χ4v) is 3.98. The number of urea groups is 1. The second-order valence-electron chi connectivity index (χ2n) is 6.66. The molecule has 1 aromatic rings. The second kappa shape index (κ2) is 6.83. The Bertz CT molecular complexity index is 576. The lowest BCUT2D eigenvalue weighted by Crippen LogP contribution is -2.46. The summed E-state index contributed by atoms with van der Waals surface area (Å²) in [5, 5.41) is 3.82. The SMILES string of the molecule is C[C@@H]1CN(C(=O)Nc2ccc(C(C)(C)C(N)=O)cc2)C[C@H](C)S1. The molecule has 3 N–H and O–H groups in total. The Hall–Kier alpha value is -1.69. The molecule has 2 rings (SSSR count). The number of carbonyl (C=O) groups excluding carboxylic acids is 2. The second-order valence-corrected chi connectivity index (χ2v) is 8.54. The fourth-order valence-electron chi connectivity index (χ4n) is 2.66. The quantitative estimate of drug-likeness (QED) is 0.892. The van der Waals surface area contributed by atoms with Crippen molar-refractivity contribution in [3.63, 3.8) is 0 Å². The molecule has 1 aliphatic rings. The van der Waals surface area contributed by atoms with E-state index >= 15 is 0 Å². The van der Waals surface area contributed by atoms with Gasteiger partial charge in [0.25, 0.3) is 0 Å². The molecule has 1 saturated heterocycles. The van der Waals surface area contributed by atoms with Crippen molar-refractivity contribution in [1.82, 2.24) is 4.90 Å². The molecular formula is C17H25N3O2S. The van der Waals surface area contributed by atoms with Gasteiger partial charge in [-0.2, -0.15) is 11.8 Å². The van der Waals surface area contributed by atoms with Crippen LogP contribution in [0.25, 0.3) is 0 Å². The van der Waals surface area contributed by atoms with Gasteiger partial charge in [-0.05, 0) is 31.5 Å². The number of nitrogens with zero attached hydrogens (tertiary/aromatic N) is 1. The summed E-state index contributed by atoms with van der Waals surface area (Å²) < 4.78 is 0. The largest absolute Gasteiger partial charge is 0.369 e. The maximum absolute atomic E-state index is 12.4. The van der Waals surface area contributed by atoms with E-state index in [9.17, 15) is 9.59 Å². The number of amides is 3.